The molecule has 4 nitrogen and oxygen atoms in total. The van der Waals surface area contributed by atoms with Gasteiger partial charge < -0.3 is 15.4 Å². The van der Waals surface area contributed by atoms with Crippen molar-refractivity contribution in [1.82, 2.24) is 10.6 Å². The first kappa shape index (κ1) is 15.1. The van der Waals surface area contributed by atoms with Gasteiger partial charge in [0.1, 0.15) is 0 Å². The average Bonchev–Trinajstić information content (AvgIpc) is 3.12. The van der Waals surface area contributed by atoms with Gasteiger partial charge in [-0.3, -0.25) is 4.79 Å². The Morgan fingerprint density at radius 3 is 2.79 bits per heavy atom. The predicted molar refractivity (Wildman–Crippen MR) is 76.5 cm³/mol. The summed E-state index contributed by atoms with van der Waals surface area (Å²) in [5.41, 5.74) is 0.350. The van der Waals surface area contributed by atoms with Crippen molar-refractivity contribution in [2.75, 3.05) is 26.2 Å². The van der Waals surface area contributed by atoms with E-state index in [9.17, 15) is 4.79 Å². The third-order valence-corrected chi connectivity index (χ3v) is 4.88. The van der Waals surface area contributed by atoms with Gasteiger partial charge in [0, 0.05) is 19.1 Å². The molecule has 3 aliphatic rings. The summed E-state index contributed by atoms with van der Waals surface area (Å²) in [5, 5.41) is 6.47. The molecule has 2 aliphatic heterocycles. The van der Waals surface area contributed by atoms with Crippen LogP contribution in [0.3, 0.4) is 0 Å². The topological polar surface area (TPSA) is 50.4 Å². The van der Waals surface area contributed by atoms with Gasteiger partial charge in [-0.2, -0.15) is 0 Å². The molecule has 1 saturated carbocycles. The average molecular weight is 289 g/mol. The molecular weight excluding hydrogens is 264 g/mol. The normalized spacial score (nSPS) is 32.4. The lowest BCUT2D eigenvalue weighted by molar-refractivity contribution is -0.124. The zero-order valence-corrected chi connectivity index (χ0v) is 12.3. The Morgan fingerprint density at radius 1 is 1.32 bits per heavy atom. The van der Waals surface area contributed by atoms with Crippen molar-refractivity contribution in [3.8, 4) is 0 Å². The molecule has 1 amide bonds. The smallest absolute Gasteiger partial charge is 0.223 e. The van der Waals surface area contributed by atoms with Crippen molar-refractivity contribution in [2.24, 2.45) is 11.3 Å². The van der Waals surface area contributed by atoms with E-state index in [0.29, 0.717) is 12.0 Å². The van der Waals surface area contributed by atoms with Crippen molar-refractivity contribution in [2.45, 2.75) is 44.6 Å². The molecule has 110 valence electrons. The lowest BCUT2D eigenvalue weighted by atomic mass is 9.92. The highest BCUT2D eigenvalue weighted by atomic mass is 35.5. The summed E-state index contributed by atoms with van der Waals surface area (Å²) < 4.78 is 5.64. The molecule has 0 radical (unpaired) electrons. The fraction of sp³-hybridized carbons (Fsp3) is 0.929. The minimum Gasteiger partial charge on any atom is -0.376 e. The molecule has 0 aromatic rings. The third kappa shape index (κ3) is 3.41. The Hall–Kier alpha value is -0.320. The second-order valence-corrected chi connectivity index (χ2v) is 6.10. The number of carbonyl (C=O) groups excluding carboxylic acids is 1. The molecule has 1 spiro atoms. The van der Waals surface area contributed by atoms with E-state index in [0.717, 1.165) is 32.5 Å². The van der Waals surface area contributed by atoms with Crippen LogP contribution in [0.2, 0.25) is 0 Å². The molecule has 19 heavy (non-hydrogen) atoms. The fourth-order valence-electron chi connectivity index (χ4n) is 3.50. The van der Waals surface area contributed by atoms with Crippen molar-refractivity contribution < 1.29 is 9.53 Å². The number of halogens is 1. The Bertz CT molecular complexity index is 313. The van der Waals surface area contributed by atoms with Gasteiger partial charge in [0.15, 0.2) is 0 Å². The molecule has 2 unspecified atom stereocenters. The number of hydrogen-bond acceptors (Lipinski definition) is 3. The minimum absolute atomic E-state index is 0. The molecular formula is C14H25ClN2O2. The standard InChI is InChI=1S/C14H24N2O2.ClH/c17-13(16-10-11-3-1-2-8-18-11)12-9-14(12)4-6-15-7-5-14;/h11-12,15H,1-10H2,(H,16,17);1H. The van der Waals surface area contributed by atoms with Gasteiger partial charge in [0.25, 0.3) is 0 Å². The highest BCUT2D eigenvalue weighted by Gasteiger charge is 2.57. The zero-order chi connectivity index (χ0) is 12.4. The van der Waals surface area contributed by atoms with Crippen LogP contribution in [0.5, 0.6) is 0 Å². The number of ether oxygens (including phenoxy) is 1. The Kier molecular flexibility index (Phi) is 5.09. The van der Waals surface area contributed by atoms with Crippen LogP contribution in [0.4, 0.5) is 0 Å². The third-order valence-electron chi connectivity index (χ3n) is 4.88. The molecule has 3 rings (SSSR count). The van der Waals surface area contributed by atoms with Crippen LogP contribution in [0.15, 0.2) is 0 Å². The number of hydrogen-bond donors (Lipinski definition) is 2. The first-order chi connectivity index (χ1) is 8.80. The van der Waals surface area contributed by atoms with E-state index >= 15 is 0 Å². The summed E-state index contributed by atoms with van der Waals surface area (Å²) in [7, 11) is 0. The van der Waals surface area contributed by atoms with Crippen LogP contribution in [0.1, 0.15) is 38.5 Å². The quantitative estimate of drug-likeness (QED) is 0.827. The summed E-state index contributed by atoms with van der Waals surface area (Å²) in [6.07, 6.45) is 7.20. The molecule has 5 heteroatoms. The number of piperidine rings is 1. The van der Waals surface area contributed by atoms with E-state index in [1.165, 1.54) is 25.7 Å². The van der Waals surface area contributed by atoms with Crippen molar-refractivity contribution >= 4 is 18.3 Å². The zero-order valence-electron chi connectivity index (χ0n) is 11.5. The fourth-order valence-corrected chi connectivity index (χ4v) is 3.50. The summed E-state index contributed by atoms with van der Waals surface area (Å²) in [4.78, 5) is 12.1. The Morgan fingerprint density at radius 2 is 2.11 bits per heavy atom. The van der Waals surface area contributed by atoms with E-state index < -0.39 is 0 Å². The van der Waals surface area contributed by atoms with E-state index in [4.69, 9.17) is 4.74 Å². The Labute approximate surface area is 121 Å². The van der Waals surface area contributed by atoms with Gasteiger partial charge >= 0.3 is 0 Å². The second kappa shape index (κ2) is 6.42. The molecule has 2 atom stereocenters. The highest BCUT2D eigenvalue weighted by Crippen LogP contribution is 2.58. The SMILES string of the molecule is Cl.O=C(NCC1CCCCO1)C1CC12CCNCC2. The first-order valence-corrected chi connectivity index (χ1v) is 7.40. The van der Waals surface area contributed by atoms with Crippen molar-refractivity contribution in [3.63, 3.8) is 0 Å². The number of amides is 1. The van der Waals surface area contributed by atoms with Crippen molar-refractivity contribution in [3.05, 3.63) is 0 Å². The van der Waals surface area contributed by atoms with Gasteiger partial charge in [0.05, 0.1) is 6.10 Å². The van der Waals surface area contributed by atoms with E-state index in [-0.39, 0.29) is 30.3 Å². The summed E-state index contributed by atoms with van der Waals surface area (Å²) >= 11 is 0. The van der Waals surface area contributed by atoms with Gasteiger partial charge in [-0.1, -0.05) is 0 Å². The van der Waals surface area contributed by atoms with Crippen LogP contribution >= 0.6 is 12.4 Å². The highest BCUT2D eigenvalue weighted by molar-refractivity contribution is 5.85. The van der Waals surface area contributed by atoms with Crippen LogP contribution in [0.25, 0.3) is 0 Å². The Balaban J connectivity index is 0.00000133. The summed E-state index contributed by atoms with van der Waals surface area (Å²) in [5.74, 6) is 0.550. The van der Waals surface area contributed by atoms with Crippen LogP contribution in [0, 0.1) is 11.3 Å². The molecule has 0 aromatic heterocycles. The van der Waals surface area contributed by atoms with E-state index in [2.05, 4.69) is 10.6 Å². The van der Waals surface area contributed by atoms with E-state index in [1.807, 2.05) is 0 Å². The largest absolute Gasteiger partial charge is 0.376 e. The van der Waals surface area contributed by atoms with Crippen molar-refractivity contribution in [1.29, 1.82) is 0 Å². The predicted octanol–water partition coefficient (Wildman–Crippen LogP) is 1.48. The number of carbonyl (C=O) groups is 1. The van der Waals surface area contributed by atoms with Gasteiger partial charge in [-0.25, -0.2) is 0 Å². The van der Waals surface area contributed by atoms with E-state index in [1.54, 1.807) is 0 Å². The molecule has 3 fully saturated rings. The van der Waals surface area contributed by atoms with Crippen LogP contribution < -0.4 is 10.6 Å². The maximum atomic E-state index is 12.1. The lowest BCUT2D eigenvalue weighted by Crippen LogP contribution is -2.38. The first-order valence-electron chi connectivity index (χ1n) is 7.40. The van der Waals surface area contributed by atoms with Crippen LogP contribution in [-0.4, -0.2) is 38.3 Å². The maximum Gasteiger partial charge on any atom is 0.223 e. The minimum atomic E-state index is 0. The number of rotatable bonds is 3. The van der Waals surface area contributed by atoms with Gasteiger partial charge in [0.2, 0.25) is 5.91 Å². The molecule has 0 aromatic carbocycles. The number of nitrogens with one attached hydrogen (secondary N) is 2. The maximum absolute atomic E-state index is 12.1. The van der Waals surface area contributed by atoms with Crippen LogP contribution in [-0.2, 0) is 9.53 Å². The molecule has 2 N–H and O–H groups in total. The van der Waals surface area contributed by atoms with Gasteiger partial charge in [-0.05, 0) is 57.0 Å². The molecule has 0 bridgehead atoms. The van der Waals surface area contributed by atoms with Gasteiger partial charge in [-0.15, -0.1) is 12.4 Å². The molecule has 2 heterocycles. The molecule has 2 saturated heterocycles. The lowest BCUT2D eigenvalue weighted by Gasteiger charge is -2.24. The molecule has 1 aliphatic carbocycles. The summed E-state index contributed by atoms with van der Waals surface area (Å²) in [6, 6.07) is 0. The second-order valence-electron chi connectivity index (χ2n) is 6.10. The monoisotopic (exact) mass is 288 g/mol. The summed E-state index contributed by atoms with van der Waals surface area (Å²) in [6.45, 7) is 3.73.